The van der Waals surface area contributed by atoms with Gasteiger partial charge in [-0.25, -0.2) is 0 Å². The fraction of sp³-hybridized carbons (Fsp3) is 0.333. The smallest absolute Gasteiger partial charge is 0.242 e. The van der Waals surface area contributed by atoms with Gasteiger partial charge in [-0.15, -0.1) is 0 Å². The summed E-state index contributed by atoms with van der Waals surface area (Å²) in [5.41, 5.74) is 12.3. The molecule has 1 aromatic rings. The number of thiocarbonyl (C=S) groups is 1. The van der Waals surface area contributed by atoms with Gasteiger partial charge < -0.3 is 21.1 Å². The molecule has 1 heterocycles. The highest BCUT2D eigenvalue weighted by molar-refractivity contribution is 7.80. The Morgan fingerprint density at radius 3 is 2.79 bits per heavy atom. The largest absolute Gasteiger partial charge is 0.389 e. The van der Waals surface area contributed by atoms with E-state index in [-0.39, 0.29) is 11.6 Å². The monoisotopic (exact) mass is 299 g/mol. The van der Waals surface area contributed by atoms with Gasteiger partial charge >= 0.3 is 0 Å². The molecule has 2 rings (SSSR count). The first kappa shape index (κ1) is 14.0. The quantitative estimate of drug-likeness (QED) is 0.802. The Morgan fingerprint density at radius 1 is 1.47 bits per heavy atom. The van der Waals surface area contributed by atoms with Crippen LogP contribution in [0, 0.1) is 0 Å². The van der Waals surface area contributed by atoms with E-state index in [1.165, 1.54) is 0 Å². The van der Waals surface area contributed by atoms with E-state index in [1.807, 2.05) is 4.90 Å². The molecule has 1 amide bonds. The number of amides is 1. The molecule has 1 unspecified atom stereocenters. The Bertz CT molecular complexity index is 524. The molecule has 1 aliphatic rings. The van der Waals surface area contributed by atoms with Gasteiger partial charge in [0.25, 0.3) is 0 Å². The Labute approximate surface area is 121 Å². The minimum Gasteiger partial charge on any atom is -0.389 e. The van der Waals surface area contributed by atoms with Crippen LogP contribution in [0.1, 0.15) is 5.56 Å². The van der Waals surface area contributed by atoms with E-state index in [4.69, 9.17) is 40.0 Å². The predicted molar refractivity (Wildman–Crippen MR) is 78.5 cm³/mol. The molecule has 0 bridgehead atoms. The Kier molecular flexibility index (Phi) is 4.24. The Morgan fingerprint density at radius 2 is 2.21 bits per heavy atom. The molecule has 1 fully saturated rings. The zero-order valence-corrected chi connectivity index (χ0v) is 11.7. The van der Waals surface area contributed by atoms with E-state index < -0.39 is 11.9 Å². The molecular formula is C12H14ClN3O2S. The van der Waals surface area contributed by atoms with Crippen LogP contribution in [0.25, 0.3) is 0 Å². The van der Waals surface area contributed by atoms with Crippen LogP contribution in [-0.2, 0) is 9.53 Å². The number of carbonyl (C=O) groups excluding carboxylic acids is 1. The summed E-state index contributed by atoms with van der Waals surface area (Å²) >= 11 is 11.1. The maximum absolute atomic E-state index is 11.4. The number of carbonyl (C=O) groups is 1. The fourth-order valence-electron chi connectivity index (χ4n) is 2.02. The topological polar surface area (TPSA) is 81.6 Å². The summed E-state index contributed by atoms with van der Waals surface area (Å²) < 4.78 is 5.27. The Hall–Kier alpha value is -1.37. The Balaban J connectivity index is 2.34. The molecule has 1 aliphatic heterocycles. The summed E-state index contributed by atoms with van der Waals surface area (Å²) in [6, 6.07) is 4.74. The SMILES string of the molecule is NC(=O)C1COCCN1c1ccc(C(N)=S)cc1Cl. The first-order chi connectivity index (χ1) is 9.00. The molecule has 0 aliphatic carbocycles. The lowest BCUT2D eigenvalue weighted by Gasteiger charge is -2.35. The molecule has 102 valence electrons. The van der Waals surface area contributed by atoms with Crippen molar-refractivity contribution in [1.82, 2.24) is 0 Å². The van der Waals surface area contributed by atoms with Crippen molar-refractivity contribution in [1.29, 1.82) is 0 Å². The molecule has 0 spiro atoms. The van der Waals surface area contributed by atoms with Crippen molar-refractivity contribution in [3.63, 3.8) is 0 Å². The molecule has 1 atom stereocenters. The normalized spacial score (nSPS) is 19.2. The van der Waals surface area contributed by atoms with Crippen molar-refractivity contribution in [3.05, 3.63) is 28.8 Å². The second-order valence-corrected chi connectivity index (χ2v) is 5.06. The van der Waals surface area contributed by atoms with E-state index in [2.05, 4.69) is 0 Å². The minimum atomic E-state index is -0.512. The summed E-state index contributed by atoms with van der Waals surface area (Å²) in [6.45, 7) is 1.35. The van der Waals surface area contributed by atoms with Gasteiger partial charge in [-0.05, 0) is 18.2 Å². The molecule has 4 N–H and O–H groups in total. The highest BCUT2D eigenvalue weighted by Crippen LogP contribution is 2.29. The number of benzene rings is 1. The van der Waals surface area contributed by atoms with Crippen molar-refractivity contribution < 1.29 is 9.53 Å². The first-order valence-electron chi connectivity index (χ1n) is 5.73. The summed E-state index contributed by atoms with van der Waals surface area (Å²) in [6.07, 6.45) is 0. The molecular weight excluding hydrogens is 286 g/mol. The van der Waals surface area contributed by atoms with E-state index in [0.29, 0.717) is 23.7 Å². The minimum absolute atomic E-state index is 0.267. The van der Waals surface area contributed by atoms with Gasteiger partial charge in [0, 0.05) is 12.1 Å². The molecule has 1 saturated heterocycles. The summed E-state index contributed by atoms with van der Waals surface area (Å²) in [5.74, 6) is -0.436. The number of hydrogen-bond donors (Lipinski definition) is 2. The van der Waals surface area contributed by atoms with Crippen molar-refractivity contribution >= 4 is 40.4 Å². The second-order valence-electron chi connectivity index (χ2n) is 4.22. The number of hydrogen-bond acceptors (Lipinski definition) is 4. The number of morpholine rings is 1. The molecule has 7 heteroatoms. The van der Waals surface area contributed by atoms with Crippen molar-refractivity contribution in [3.8, 4) is 0 Å². The third-order valence-electron chi connectivity index (χ3n) is 3.00. The lowest BCUT2D eigenvalue weighted by Crippen LogP contribution is -2.52. The number of rotatable bonds is 3. The van der Waals surface area contributed by atoms with Crippen LogP contribution >= 0.6 is 23.8 Å². The maximum atomic E-state index is 11.4. The van der Waals surface area contributed by atoms with Crippen LogP contribution in [0.15, 0.2) is 18.2 Å². The lowest BCUT2D eigenvalue weighted by molar-refractivity contribution is -0.121. The molecule has 0 radical (unpaired) electrons. The van der Waals surface area contributed by atoms with Gasteiger partial charge in [-0.3, -0.25) is 4.79 Å². The molecule has 1 aromatic carbocycles. The van der Waals surface area contributed by atoms with Crippen molar-refractivity contribution in [2.75, 3.05) is 24.7 Å². The van der Waals surface area contributed by atoms with Crippen LogP contribution < -0.4 is 16.4 Å². The zero-order chi connectivity index (χ0) is 14.0. The molecule has 19 heavy (non-hydrogen) atoms. The van der Waals surface area contributed by atoms with Crippen molar-refractivity contribution in [2.45, 2.75) is 6.04 Å². The average Bonchev–Trinajstić information content (AvgIpc) is 2.38. The average molecular weight is 300 g/mol. The highest BCUT2D eigenvalue weighted by atomic mass is 35.5. The van der Waals surface area contributed by atoms with Gasteiger partial charge in [0.05, 0.1) is 23.9 Å². The number of nitrogens with zero attached hydrogens (tertiary/aromatic N) is 1. The maximum Gasteiger partial charge on any atom is 0.242 e. The van der Waals surface area contributed by atoms with E-state index in [9.17, 15) is 4.79 Å². The summed E-state index contributed by atoms with van der Waals surface area (Å²) in [5, 5.41) is 0.485. The van der Waals surface area contributed by atoms with E-state index in [1.54, 1.807) is 18.2 Å². The number of anilines is 1. The third-order valence-corrected chi connectivity index (χ3v) is 3.54. The van der Waals surface area contributed by atoms with Crippen LogP contribution in [-0.4, -0.2) is 36.7 Å². The van der Waals surface area contributed by atoms with Crippen LogP contribution in [0.4, 0.5) is 5.69 Å². The van der Waals surface area contributed by atoms with Gasteiger partial charge in [0.2, 0.25) is 5.91 Å². The summed E-state index contributed by atoms with van der Waals surface area (Å²) in [7, 11) is 0. The summed E-state index contributed by atoms with van der Waals surface area (Å²) in [4.78, 5) is 13.6. The van der Waals surface area contributed by atoms with Crippen LogP contribution in [0.2, 0.25) is 5.02 Å². The number of halogens is 1. The number of primary amides is 1. The number of ether oxygens (including phenoxy) is 1. The molecule has 5 nitrogen and oxygen atoms in total. The zero-order valence-electron chi connectivity index (χ0n) is 10.1. The van der Waals surface area contributed by atoms with Gasteiger partial charge in [0.15, 0.2) is 0 Å². The third kappa shape index (κ3) is 2.97. The van der Waals surface area contributed by atoms with Gasteiger partial charge in [0.1, 0.15) is 11.0 Å². The lowest BCUT2D eigenvalue weighted by atomic mass is 10.1. The second kappa shape index (κ2) is 5.73. The standard InChI is InChI=1S/C12H14ClN3O2S/c13-8-5-7(12(15)19)1-2-9(8)16-3-4-18-6-10(16)11(14)17/h1-2,5,10H,3-4,6H2,(H2,14,17)(H2,15,19). The van der Waals surface area contributed by atoms with Crippen molar-refractivity contribution in [2.24, 2.45) is 11.5 Å². The fourth-order valence-corrected chi connectivity index (χ4v) is 2.44. The number of nitrogens with two attached hydrogens (primary N) is 2. The molecule has 0 saturated carbocycles. The van der Waals surface area contributed by atoms with Gasteiger partial charge in [-0.2, -0.15) is 0 Å². The predicted octanol–water partition coefficient (Wildman–Crippen LogP) is 0.665. The molecule has 0 aromatic heterocycles. The van der Waals surface area contributed by atoms with E-state index >= 15 is 0 Å². The van der Waals surface area contributed by atoms with Gasteiger partial charge in [-0.1, -0.05) is 23.8 Å². The first-order valence-corrected chi connectivity index (χ1v) is 6.52. The van der Waals surface area contributed by atoms with Crippen LogP contribution in [0.5, 0.6) is 0 Å². The van der Waals surface area contributed by atoms with E-state index in [0.717, 1.165) is 5.69 Å². The highest BCUT2D eigenvalue weighted by Gasteiger charge is 2.29. The van der Waals surface area contributed by atoms with Crippen LogP contribution in [0.3, 0.4) is 0 Å².